The summed E-state index contributed by atoms with van der Waals surface area (Å²) in [6.07, 6.45) is 0.741. The SMILES string of the molecule is CCOCC(C)(N)Cc1cc(OC)ccc1Br. The van der Waals surface area contributed by atoms with E-state index in [0.29, 0.717) is 13.2 Å². The molecule has 0 amide bonds. The Morgan fingerprint density at radius 1 is 1.41 bits per heavy atom. The average molecular weight is 302 g/mol. The maximum Gasteiger partial charge on any atom is 0.119 e. The molecule has 0 saturated carbocycles. The third-order valence-electron chi connectivity index (χ3n) is 2.48. The van der Waals surface area contributed by atoms with Gasteiger partial charge in [0.25, 0.3) is 0 Å². The summed E-state index contributed by atoms with van der Waals surface area (Å²) in [6, 6.07) is 5.90. The van der Waals surface area contributed by atoms with E-state index in [4.69, 9.17) is 15.2 Å². The number of hydrogen-bond acceptors (Lipinski definition) is 3. The molecule has 0 aliphatic heterocycles. The van der Waals surface area contributed by atoms with E-state index >= 15 is 0 Å². The fourth-order valence-electron chi connectivity index (χ4n) is 1.63. The minimum Gasteiger partial charge on any atom is -0.497 e. The van der Waals surface area contributed by atoms with E-state index < -0.39 is 0 Å². The van der Waals surface area contributed by atoms with Gasteiger partial charge in [0.2, 0.25) is 0 Å². The highest BCUT2D eigenvalue weighted by molar-refractivity contribution is 9.10. The summed E-state index contributed by atoms with van der Waals surface area (Å²) in [7, 11) is 1.66. The molecule has 0 aliphatic rings. The summed E-state index contributed by atoms with van der Waals surface area (Å²) >= 11 is 3.53. The van der Waals surface area contributed by atoms with Gasteiger partial charge in [0, 0.05) is 16.6 Å². The highest BCUT2D eigenvalue weighted by Gasteiger charge is 2.20. The quantitative estimate of drug-likeness (QED) is 0.879. The van der Waals surface area contributed by atoms with Gasteiger partial charge in [-0.3, -0.25) is 0 Å². The largest absolute Gasteiger partial charge is 0.497 e. The average Bonchev–Trinajstić information content (AvgIpc) is 2.29. The van der Waals surface area contributed by atoms with Crippen molar-refractivity contribution in [3.63, 3.8) is 0 Å². The standard InChI is InChI=1S/C13H20BrNO2/c1-4-17-9-13(2,15)8-10-7-11(16-3)5-6-12(10)14/h5-7H,4,8-9,15H2,1-3H3. The molecule has 1 aromatic carbocycles. The lowest BCUT2D eigenvalue weighted by Crippen LogP contribution is -2.43. The van der Waals surface area contributed by atoms with Crippen LogP contribution in [0.3, 0.4) is 0 Å². The van der Waals surface area contributed by atoms with Crippen LogP contribution in [0.15, 0.2) is 22.7 Å². The van der Waals surface area contributed by atoms with Crippen LogP contribution in [0.25, 0.3) is 0 Å². The molecule has 96 valence electrons. The van der Waals surface area contributed by atoms with Crippen LogP contribution in [-0.2, 0) is 11.2 Å². The molecule has 1 atom stereocenters. The molecule has 0 saturated heterocycles. The van der Waals surface area contributed by atoms with Gasteiger partial charge < -0.3 is 15.2 Å². The highest BCUT2D eigenvalue weighted by atomic mass is 79.9. The number of ether oxygens (including phenoxy) is 2. The Labute approximate surface area is 111 Å². The first-order valence-electron chi connectivity index (χ1n) is 5.67. The van der Waals surface area contributed by atoms with Crippen LogP contribution >= 0.6 is 15.9 Å². The molecule has 4 heteroatoms. The molecule has 0 aromatic heterocycles. The molecule has 0 radical (unpaired) electrons. The maximum atomic E-state index is 6.21. The highest BCUT2D eigenvalue weighted by Crippen LogP contribution is 2.25. The summed E-state index contributed by atoms with van der Waals surface area (Å²) < 4.78 is 11.7. The van der Waals surface area contributed by atoms with Crippen molar-refractivity contribution >= 4 is 15.9 Å². The summed E-state index contributed by atoms with van der Waals surface area (Å²) in [4.78, 5) is 0. The topological polar surface area (TPSA) is 44.5 Å². The molecule has 17 heavy (non-hydrogen) atoms. The lowest BCUT2D eigenvalue weighted by molar-refractivity contribution is 0.101. The minimum atomic E-state index is -0.370. The summed E-state index contributed by atoms with van der Waals surface area (Å²) in [5.41, 5.74) is 6.97. The zero-order valence-corrected chi connectivity index (χ0v) is 12.2. The summed E-state index contributed by atoms with van der Waals surface area (Å²) in [5.74, 6) is 0.843. The van der Waals surface area contributed by atoms with Crippen LogP contribution in [0.5, 0.6) is 5.75 Å². The van der Waals surface area contributed by atoms with Crippen LogP contribution in [0.1, 0.15) is 19.4 Å². The van der Waals surface area contributed by atoms with Gasteiger partial charge in [-0.2, -0.15) is 0 Å². The van der Waals surface area contributed by atoms with Crippen molar-refractivity contribution in [2.24, 2.45) is 5.73 Å². The number of halogens is 1. The number of rotatable bonds is 6. The van der Waals surface area contributed by atoms with Gasteiger partial charge in [-0.05, 0) is 44.0 Å². The maximum absolute atomic E-state index is 6.21. The number of hydrogen-bond donors (Lipinski definition) is 1. The van der Waals surface area contributed by atoms with Gasteiger partial charge in [-0.25, -0.2) is 0 Å². The molecule has 1 aromatic rings. The molecular weight excluding hydrogens is 282 g/mol. The lowest BCUT2D eigenvalue weighted by atomic mass is 9.95. The molecule has 2 N–H and O–H groups in total. The molecule has 0 spiro atoms. The van der Waals surface area contributed by atoms with Gasteiger partial charge in [-0.1, -0.05) is 15.9 Å². The Balaban J connectivity index is 2.78. The predicted molar refractivity (Wildman–Crippen MR) is 73.5 cm³/mol. The smallest absolute Gasteiger partial charge is 0.119 e. The van der Waals surface area contributed by atoms with Crippen molar-refractivity contribution in [2.75, 3.05) is 20.3 Å². The van der Waals surface area contributed by atoms with Gasteiger partial charge in [0.1, 0.15) is 5.75 Å². The van der Waals surface area contributed by atoms with Crippen molar-refractivity contribution in [3.05, 3.63) is 28.2 Å². The minimum absolute atomic E-state index is 0.370. The molecule has 0 heterocycles. The monoisotopic (exact) mass is 301 g/mol. The molecule has 0 bridgehead atoms. The Morgan fingerprint density at radius 2 is 2.12 bits per heavy atom. The second kappa shape index (κ2) is 6.38. The van der Waals surface area contributed by atoms with Crippen molar-refractivity contribution in [1.29, 1.82) is 0 Å². The van der Waals surface area contributed by atoms with E-state index in [1.54, 1.807) is 7.11 Å². The van der Waals surface area contributed by atoms with E-state index in [1.807, 2.05) is 32.0 Å². The van der Waals surface area contributed by atoms with E-state index in [9.17, 15) is 0 Å². The number of benzene rings is 1. The molecule has 0 fully saturated rings. The van der Waals surface area contributed by atoms with Gasteiger partial charge in [0.05, 0.1) is 13.7 Å². The fraction of sp³-hybridized carbons (Fsp3) is 0.538. The van der Waals surface area contributed by atoms with Crippen molar-refractivity contribution < 1.29 is 9.47 Å². The predicted octanol–water partition coefficient (Wildman–Crippen LogP) is 2.75. The first-order valence-corrected chi connectivity index (χ1v) is 6.47. The Kier molecular flexibility index (Phi) is 5.43. The first-order chi connectivity index (χ1) is 7.98. The Bertz CT molecular complexity index is 366. The van der Waals surface area contributed by atoms with E-state index in [0.717, 1.165) is 22.2 Å². The molecule has 1 rings (SSSR count). The van der Waals surface area contributed by atoms with Crippen molar-refractivity contribution in [1.82, 2.24) is 0 Å². The zero-order valence-electron chi connectivity index (χ0n) is 10.6. The van der Waals surface area contributed by atoms with Crippen molar-refractivity contribution in [3.8, 4) is 5.75 Å². The summed E-state index contributed by atoms with van der Waals surface area (Å²) in [5, 5.41) is 0. The Hall–Kier alpha value is -0.580. The van der Waals surface area contributed by atoms with Gasteiger partial charge in [-0.15, -0.1) is 0 Å². The van der Waals surface area contributed by atoms with Gasteiger partial charge >= 0.3 is 0 Å². The Morgan fingerprint density at radius 3 is 2.71 bits per heavy atom. The van der Waals surface area contributed by atoms with Gasteiger partial charge in [0.15, 0.2) is 0 Å². The van der Waals surface area contributed by atoms with E-state index in [2.05, 4.69) is 15.9 Å². The van der Waals surface area contributed by atoms with Crippen LogP contribution in [0.2, 0.25) is 0 Å². The normalized spacial score (nSPS) is 14.4. The third kappa shape index (κ3) is 4.66. The second-order valence-corrected chi connectivity index (χ2v) is 5.28. The zero-order chi connectivity index (χ0) is 12.9. The van der Waals surface area contributed by atoms with Crippen LogP contribution < -0.4 is 10.5 Å². The molecule has 3 nitrogen and oxygen atoms in total. The second-order valence-electron chi connectivity index (χ2n) is 4.43. The first kappa shape index (κ1) is 14.5. The van der Waals surface area contributed by atoms with E-state index in [-0.39, 0.29) is 5.54 Å². The van der Waals surface area contributed by atoms with Crippen LogP contribution in [-0.4, -0.2) is 25.9 Å². The third-order valence-corrected chi connectivity index (χ3v) is 3.26. The lowest BCUT2D eigenvalue weighted by Gasteiger charge is -2.25. The van der Waals surface area contributed by atoms with Crippen LogP contribution in [0, 0.1) is 0 Å². The number of nitrogens with two attached hydrogens (primary N) is 1. The fourth-order valence-corrected chi connectivity index (χ4v) is 2.02. The molecule has 1 unspecified atom stereocenters. The molecular formula is C13H20BrNO2. The summed E-state index contributed by atoms with van der Waals surface area (Å²) in [6.45, 7) is 5.20. The van der Waals surface area contributed by atoms with Crippen LogP contribution in [0.4, 0.5) is 0 Å². The molecule has 0 aliphatic carbocycles. The van der Waals surface area contributed by atoms with Crippen molar-refractivity contribution in [2.45, 2.75) is 25.8 Å². The van der Waals surface area contributed by atoms with E-state index in [1.165, 1.54) is 0 Å². The number of methoxy groups -OCH3 is 1.